The number of nitrogens with one attached hydrogen (secondary N) is 1. The average Bonchev–Trinajstić information content (AvgIpc) is 2.64. The second-order valence-electron chi connectivity index (χ2n) is 3.54. The lowest BCUT2D eigenvalue weighted by atomic mass is 10.3. The number of anilines is 1. The predicted molar refractivity (Wildman–Crippen MR) is 69.0 cm³/mol. The number of hydrogen-bond acceptors (Lipinski definition) is 4. The third-order valence-corrected chi connectivity index (χ3v) is 5.39. The quantitative estimate of drug-likeness (QED) is 0.943. The van der Waals surface area contributed by atoms with Crippen LogP contribution in [0.25, 0.3) is 0 Å². The molecule has 0 radical (unpaired) electrons. The van der Waals surface area contributed by atoms with Gasteiger partial charge in [-0.3, -0.25) is 4.72 Å². The summed E-state index contributed by atoms with van der Waals surface area (Å²) in [6.45, 7) is 1.44. The summed E-state index contributed by atoms with van der Waals surface area (Å²) < 4.78 is 52.5. The number of aromatic nitrogens is 1. The van der Waals surface area contributed by atoms with Gasteiger partial charge in [0.1, 0.15) is 17.3 Å². The molecule has 19 heavy (non-hydrogen) atoms. The normalized spacial score (nSPS) is 11.6. The number of sulfonamides is 1. The largest absolute Gasteiger partial charge is 0.273 e. The molecule has 102 valence electrons. The Morgan fingerprint density at radius 1 is 1.32 bits per heavy atom. The molecule has 0 atom stereocenters. The van der Waals surface area contributed by atoms with Gasteiger partial charge in [0.05, 0.1) is 5.69 Å². The Morgan fingerprint density at radius 2 is 1.89 bits per heavy atom. The summed E-state index contributed by atoms with van der Waals surface area (Å²) in [7, 11) is -4.13. The van der Waals surface area contributed by atoms with E-state index in [4.69, 9.17) is 11.6 Å². The monoisotopic (exact) mass is 324 g/mol. The van der Waals surface area contributed by atoms with E-state index in [0.29, 0.717) is 11.3 Å². The maximum atomic E-state index is 13.4. The summed E-state index contributed by atoms with van der Waals surface area (Å²) in [5.41, 5.74) is -0.564. The molecule has 1 heterocycles. The summed E-state index contributed by atoms with van der Waals surface area (Å²) in [6, 6.07) is 3.04. The predicted octanol–water partition coefficient (Wildman–Crippen LogP) is 3.18. The van der Waals surface area contributed by atoms with E-state index >= 15 is 0 Å². The highest BCUT2D eigenvalue weighted by Crippen LogP contribution is 2.29. The van der Waals surface area contributed by atoms with Crippen molar-refractivity contribution in [3.63, 3.8) is 0 Å². The molecule has 2 rings (SSSR count). The minimum absolute atomic E-state index is 0.0341. The van der Waals surface area contributed by atoms with Crippen LogP contribution < -0.4 is 4.72 Å². The van der Waals surface area contributed by atoms with E-state index in [2.05, 4.69) is 4.98 Å². The topological polar surface area (TPSA) is 59.1 Å². The van der Waals surface area contributed by atoms with Gasteiger partial charge in [-0.25, -0.2) is 22.2 Å². The van der Waals surface area contributed by atoms with Gasteiger partial charge in [0.2, 0.25) is 0 Å². The van der Waals surface area contributed by atoms with Gasteiger partial charge in [-0.1, -0.05) is 29.0 Å². The molecule has 1 N–H and O–H groups in total. The fourth-order valence-electron chi connectivity index (χ4n) is 1.38. The average molecular weight is 325 g/mol. The van der Waals surface area contributed by atoms with Crippen LogP contribution in [-0.4, -0.2) is 13.4 Å². The first-order valence-corrected chi connectivity index (χ1v) is 7.59. The fraction of sp³-hybridized carbons (Fsp3) is 0.100. The highest BCUT2D eigenvalue weighted by atomic mass is 35.5. The molecule has 0 saturated heterocycles. The molecule has 4 nitrogen and oxygen atoms in total. The van der Waals surface area contributed by atoms with E-state index < -0.39 is 27.3 Å². The number of thiazole rings is 1. The molecule has 9 heteroatoms. The molecule has 0 fully saturated rings. The molecular formula is C10H7ClF2N2O2S2. The van der Waals surface area contributed by atoms with E-state index in [1.54, 1.807) is 0 Å². The van der Waals surface area contributed by atoms with Crippen molar-refractivity contribution in [1.82, 2.24) is 4.98 Å². The van der Waals surface area contributed by atoms with Gasteiger partial charge in [0.25, 0.3) is 10.0 Å². The molecule has 0 spiro atoms. The van der Waals surface area contributed by atoms with Gasteiger partial charge in [-0.15, -0.1) is 0 Å². The number of rotatable bonds is 3. The molecule has 1 aromatic carbocycles. The Labute approximate surface area is 117 Å². The molecule has 0 aliphatic rings. The van der Waals surface area contributed by atoms with E-state index in [-0.39, 0.29) is 14.4 Å². The number of nitrogens with zero attached hydrogens (tertiary/aromatic N) is 1. The minimum Gasteiger partial charge on any atom is -0.273 e. The van der Waals surface area contributed by atoms with Gasteiger partial charge in [0.15, 0.2) is 8.68 Å². The van der Waals surface area contributed by atoms with Crippen LogP contribution in [0.15, 0.2) is 22.4 Å². The second-order valence-corrected chi connectivity index (χ2v) is 7.00. The number of para-hydroxylation sites is 1. The van der Waals surface area contributed by atoms with Crippen molar-refractivity contribution in [1.29, 1.82) is 0 Å². The molecule has 0 bridgehead atoms. The zero-order valence-electron chi connectivity index (χ0n) is 9.45. The number of hydrogen-bond donors (Lipinski definition) is 1. The highest BCUT2D eigenvalue weighted by Gasteiger charge is 2.24. The lowest BCUT2D eigenvalue weighted by molar-refractivity contribution is 0.583. The maximum Gasteiger partial charge on any atom is 0.273 e. The molecular weight excluding hydrogens is 318 g/mol. The lowest BCUT2D eigenvalue weighted by Gasteiger charge is -2.08. The number of aryl methyl sites for hydroxylation is 1. The van der Waals surface area contributed by atoms with Crippen molar-refractivity contribution in [2.45, 2.75) is 11.1 Å². The Kier molecular flexibility index (Phi) is 3.75. The summed E-state index contributed by atoms with van der Waals surface area (Å²) >= 11 is 6.32. The van der Waals surface area contributed by atoms with Gasteiger partial charge in [0, 0.05) is 0 Å². The Morgan fingerprint density at radius 3 is 2.37 bits per heavy atom. The molecule has 0 unspecified atom stereocenters. The van der Waals surface area contributed by atoms with Crippen molar-refractivity contribution in [3.05, 3.63) is 40.0 Å². The summed E-state index contributed by atoms with van der Waals surface area (Å²) in [4.78, 5) is 3.74. The van der Waals surface area contributed by atoms with Crippen molar-refractivity contribution in [3.8, 4) is 0 Å². The third kappa shape index (κ3) is 2.85. The molecule has 0 aliphatic carbocycles. The van der Waals surface area contributed by atoms with E-state index in [1.165, 1.54) is 6.92 Å². The van der Waals surface area contributed by atoms with Crippen LogP contribution >= 0.6 is 22.9 Å². The van der Waals surface area contributed by atoms with Crippen LogP contribution in [-0.2, 0) is 10.0 Å². The highest BCUT2D eigenvalue weighted by molar-refractivity contribution is 7.94. The first-order valence-electron chi connectivity index (χ1n) is 4.91. The fourth-order valence-corrected chi connectivity index (χ4v) is 4.19. The van der Waals surface area contributed by atoms with Gasteiger partial charge in [-0.05, 0) is 19.1 Å². The Hall–Kier alpha value is -1.25. The van der Waals surface area contributed by atoms with Crippen molar-refractivity contribution in [2.75, 3.05) is 4.72 Å². The number of benzene rings is 1. The zero-order chi connectivity index (χ0) is 14.2. The standard InChI is InChI=1S/C10H7ClF2N2O2S2/c1-5-9(18-10(11)14-5)19(16,17)15-8-6(12)3-2-4-7(8)13/h2-4,15H,1H3. The zero-order valence-corrected chi connectivity index (χ0v) is 11.8. The van der Waals surface area contributed by atoms with Crippen LogP contribution in [0, 0.1) is 18.6 Å². The van der Waals surface area contributed by atoms with Crippen LogP contribution in [0.1, 0.15) is 5.69 Å². The molecule has 0 amide bonds. The smallest absolute Gasteiger partial charge is 0.273 e. The first kappa shape index (κ1) is 14.2. The Bertz CT molecular complexity index is 711. The first-order chi connectivity index (χ1) is 8.81. The SMILES string of the molecule is Cc1nc(Cl)sc1S(=O)(=O)Nc1c(F)cccc1F. The summed E-state index contributed by atoms with van der Waals surface area (Å²) in [5.74, 6) is -2.01. The van der Waals surface area contributed by atoms with Crippen LogP contribution in [0.3, 0.4) is 0 Å². The molecule has 0 aliphatic heterocycles. The van der Waals surface area contributed by atoms with Gasteiger partial charge < -0.3 is 0 Å². The second kappa shape index (κ2) is 5.03. The summed E-state index contributed by atoms with van der Waals surface area (Å²) in [5, 5.41) is 0. The molecule has 2 aromatic rings. The Balaban J connectivity index is 2.45. The van der Waals surface area contributed by atoms with E-state index in [1.807, 2.05) is 4.72 Å². The molecule has 1 aromatic heterocycles. The van der Waals surface area contributed by atoms with Crippen molar-refractivity contribution in [2.24, 2.45) is 0 Å². The number of halogens is 3. The van der Waals surface area contributed by atoms with Crippen LogP contribution in [0.2, 0.25) is 4.47 Å². The summed E-state index contributed by atoms with van der Waals surface area (Å²) in [6.07, 6.45) is 0. The van der Waals surface area contributed by atoms with E-state index in [0.717, 1.165) is 18.2 Å². The van der Waals surface area contributed by atoms with Crippen LogP contribution in [0.4, 0.5) is 14.5 Å². The minimum atomic E-state index is -4.13. The van der Waals surface area contributed by atoms with Crippen LogP contribution in [0.5, 0.6) is 0 Å². The lowest BCUT2D eigenvalue weighted by Crippen LogP contribution is -2.15. The third-order valence-electron chi connectivity index (χ3n) is 2.17. The van der Waals surface area contributed by atoms with E-state index in [9.17, 15) is 17.2 Å². The van der Waals surface area contributed by atoms with Crippen molar-refractivity contribution >= 4 is 38.6 Å². The van der Waals surface area contributed by atoms with Crippen molar-refractivity contribution < 1.29 is 17.2 Å². The van der Waals surface area contributed by atoms with Gasteiger partial charge in [-0.2, -0.15) is 0 Å². The maximum absolute atomic E-state index is 13.4. The van der Waals surface area contributed by atoms with Gasteiger partial charge >= 0.3 is 0 Å². The molecule has 0 saturated carbocycles.